The molecule has 7 nitrogen and oxygen atoms in total. The van der Waals surface area contributed by atoms with Crippen molar-refractivity contribution in [1.82, 2.24) is 14.8 Å². The summed E-state index contributed by atoms with van der Waals surface area (Å²) in [6.45, 7) is 8.66. The second kappa shape index (κ2) is 10.3. The summed E-state index contributed by atoms with van der Waals surface area (Å²) >= 11 is 0. The molecule has 3 heterocycles. The fourth-order valence-electron chi connectivity index (χ4n) is 4.80. The molecule has 0 aliphatic carbocycles. The van der Waals surface area contributed by atoms with Crippen LogP contribution in [0.5, 0.6) is 0 Å². The fraction of sp³-hybridized carbons (Fsp3) is 0.538. The number of carbonyl (C=O) groups is 2. The lowest BCUT2D eigenvalue weighted by atomic mass is 10.0. The number of amides is 2. The molecule has 0 radical (unpaired) electrons. The molecule has 2 saturated heterocycles. The molecular weight excluding hydrogens is 454 g/mol. The number of ether oxygens (including phenoxy) is 1. The average Bonchev–Trinajstić information content (AvgIpc) is 3.48. The van der Waals surface area contributed by atoms with Gasteiger partial charge in [-0.15, -0.1) is 0 Å². The Morgan fingerprint density at radius 1 is 1.06 bits per heavy atom. The van der Waals surface area contributed by atoms with Gasteiger partial charge in [0.1, 0.15) is 11.3 Å². The van der Waals surface area contributed by atoms with E-state index in [9.17, 15) is 18.4 Å². The van der Waals surface area contributed by atoms with Gasteiger partial charge in [-0.25, -0.2) is 13.6 Å². The Kier molecular flexibility index (Phi) is 7.33. The van der Waals surface area contributed by atoms with E-state index in [1.807, 2.05) is 48.6 Å². The molecule has 0 bridgehead atoms. The van der Waals surface area contributed by atoms with Crippen molar-refractivity contribution in [3.63, 3.8) is 0 Å². The third kappa shape index (κ3) is 6.13. The molecule has 2 aromatic rings. The number of hydrogen-bond donors (Lipinski definition) is 1. The number of likely N-dealkylation sites (tertiary alicyclic amines) is 1. The van der Waals surface area contributed by atoms with Crippen LogP contribution in [0.1, 0.15) is 56.6 Å². The highest BCUT2D eigenvalue weighted by molar-refractivity contribution is 5.92. The van der Waals surface area contributed by atoms with Gasteiger partial charge in [0.05, 0.1) is 0 Å². The number of nitrogens with zero attached hydrogens (tertiary/aromatic N) is 3. The summed E-state index contributed by atoms with van der Waals surface area (Å²) in [5, 5.41) is 3.05. The topological polar surface area (TPSA) is 66.8 Å². The molecule has 0 saturated carbocycles. The molecular formula is C26H34F2N4O3. The fourth-order valence-corrected chi connectivity index (χ4v) is 4.80. The van der Waals surface area contributed by atoms with Crippen LogP contribution >= 0.6 is 0 Å². The van der Waals surface area contributed by atoms with Crippen LogP contribution in [0.3, 0.4) is 0 Å². The molecule has 2 amide bonds. The number of benzene rings is 1. The summed E-state index contributed by atoms with van der Waals surface area (Å²) in [7, 11) is 0. The van der Waals surface area contributed by atoms with E-state index in [1.165, 1.54) is 6.07 Å². The van der Waals surface area contributed by atoms with Gasteiger partial charge in [-0.1, -0.05) is 0 Å². The molecule has 2 fully saturated rings. The van der Waals surface area contributed by atoms with Gasteiger partial charge in [0, 0.05) is 56.7 Å². The Morgan fingerprint density at radius 2 is 1.80 bits per heavy atom. The van der Waals surface area contributed by atoms with Crippen LogP contribution in [-0.2, 0) is 4.74 Å². The first kappa shape index (κ1) is 25.0. The molecule has 1 N–H and O–H groups in total. The minimum absolute atomic E-state index is 0.129. The van der Waals surface area contributed by atoms with Crippen LogP contribution < -0.4 is 10.2 Å². The maximum absolute atomic E-state index is 13.6. The molecule has 1 atom stereocenters. The zero-order valence-electron chi connectivity index (χ0n) is 20.6. The summed E-state index contributed by atoms with van der Waals surface area (Å²) in [5.74, 6) is -1.60. The molecule has 2 aliphatic heterocycles. The Morgan fingerprint density at radius 3 is 2.49 bits per heavy atom. The van der Waals surface area contributed by atoms with Crippen molar-refractivity contribution in [2.24, 2.45) is 5.92 Å². The number of aromatic nitrogens is 1. The smallest absolute Gasteiger partial charge is 0.410 e. The zero-order chi connectivity index (χ0) is 25.2. The third-order valence-corrected chi connectivity index (χ3v) is 6.63. The molecule has 9 heteroatoms. The highest BCUT2D eigenvalue weighted by atomic mass is 19.2. The van der Waals surface area contributed by atoms with Crippen molar-refractivity contribution in [3.05, 3.63) is 53.9 Å². The van der Waals surface area contributed by atoms with Crippen molar-refractivity contribution >= 4 is 17.7 Å². The van der Waals surface area contributed by atoms with E-state index in [-0.39, 0.29) is 24.0 Å². The second-order valence-corrected chi connectivity index (χ2v) is 10.4. The minimum atomic E-state index is -0.852. The van der Waals surface area contributed by atoms with Crippen LogP contribution in [0.15, 0.2) is 36.5 Å². The first-order valence-electron chi connectivity index (χ1n) is 12.2. The summed E-state index contributed by atoms with van der Waals surface area (Å²) in [4.78, 5) is 29.0. The van der Waals surface area contributed by atoms with E-state index in [1.54, 1.807) is 11.0 Å². The van der Waals surface area contributed by atoms with Gasteiger partial charge in [0.25, 0.3) is 5.91 Å². The summed E-state index contributed by atoms with van der Waals surface area (Å²) in [6.07, 6.45) is 3.99. The van der Waals surface area contributed by atoms with E-state index in [4.69, 9.17) is 4.74 Å². The Balaban J connectivity index is 1.28. The van der Waals surface area contributed by atoms with Crippen molar-refractivity contribution < 1.29 is 23.1 Å². The van der Waals surface area contributed by atoms with Crippen molar-refractivity contribution in [2.45, 2.75) is 51.7 Å². The maximum Gasteiger partial charge on any atom is 0.410 e. The Labute approximate surface area is 205 Å². The molecule has 1 aromatic heterocycles. The maximum atomic E-state index is 13.6. The summed E-state index contributed by atoms with van der Waals surface area (Å²) in [5.41, 5.74) is 0.742. The molecule has 1 unspecified atom stereocenters. The first-order chi connectivity index (χ1) is 16.6. The van der Waals surface area contributed by atoms with Crippen molar-refractivity contribution in [3.8, 4) is 0 Å². The number of rotatable bonds is 5. The van der Waals surface area contributed by atoms with Gasteiger partial charge in [-0.05, 0) is 70.2 Å². The van der Waals surface area contributed by atoms with Crippen molar-refractivity contribution in [1.29, 1.82) is 0 Å². The van der Waals surface area contributed by atoms with Gasteiger partial charge in [0.15, 0.2) is 11.6 Å². The Hall–Kier alpha value is -3.10. The van der Waals surface area contributed by atoms with Gasteiger partial charge in [-0.3, -0.25) is 4.79 Å². The third-order valence-electron chi connectivity index (χ3n) is 6.63. The van der Waals surface area contributed by atoms with E-state index in [0.29, 0.717) is 37.6 Å². The van der Waals surface area contributed by atoms with Crippen LogP contribution in [0.25, 0.3) is 0 Å². The minimum Gasteiger partial charge on any atom is -0.444 e. The number of carbonyl (C=O) groups excluding carboxylic acids is 2. The monoisotopic (exact) mass is 488 g/mol. The van der Waals surface area contributed by atoms with E-state index >= 15 is 0 Å². The number of anilines is 1. The predicted octanol–water partition coefficient (Wildman–Crippen LogP) is 4.59. The standard InChI is InChI=1S/C26H34F2N4O3/c1-26(2,3)35-25(34)30-13-9-19(10-14-30)32-11-4-5-23(32)24(33)29-16-18-8-12-31(17-18)20-6-7-21(27)22(28)15-20/h4-7,11,15,18-19H,8-10,12-14,16-17H2,1-3H3,(H,29,33). The zero-order valence-corrected chi connectivity index (χ0v) is 20.6. The number of nitrogens with one attached hydrogen (secondary N) is 1. The van der Waals surface area contributed by atoms with Crippen molar-refractivity contribution in [2.75, 3.05) is 37.6 Å². The predicted molar refractivity (Wildman–Crippen MR) is 130 cm³/mol. The van der Waals surface area contributed by atoms with Crippen LogP contribution in [-0.4, -0.2) is 59.8 Å². The van der Waals surface area contributed by atoms with Gasteiger partial charge in [0.2, 0.25) is 0 Å². The average molecular weight is 489 g/mol. The number of piperidine rings is 1. The highest BCUT2D eigenvalue weighted by Crippen LogP contribution is 2.27. The van der Waals surface area contributed by atoms with E-state index in [2.05, 4.69) is 5.32 Å². The normalized spacial score (nSPS) is 19.2. The van der Waals surface area contributed by atoms with E-state index in [0.717, 1.165) is 31.9 Å². The van der Waals surface area contributed by atoms with Crippen LogP contribution in [0.4, 0.5) is 19.3 Å². The summed E-state index contributed by atoms with van der Waals surface area (Å²) in [6, 6.07) is 7.77. The van der Waals surface area contributed by atoms with Gasteiger partial charge < -0.3 is 24.4 Å². The molecule has 190 valence electrons. The molecule has 0 spiro atoms. The second-order valence-electron chi connectivity index (χ2n) is 10.4. The lowest BCUT2D eigenvalue weighted by Gasteiger charge is -2.34. The number of halogens is 2. The largest absolute Gasteiger partial charge is 0.444 e. The lowest BCUT2D eigenvalue weighted by molar-refractivity contribution is 0.0187. The van der Waals surface area contributed by atoms with Crippen LogP contribution in [0, 0.1) is 17.6 Å². The van der Waals surface area contributed by atoms with Gasteiger partial charge >= 0.3 is 6.09 Å². The molecule has 2 aliphatic rings. The molecule has 4 rings (SSSR count). The number of hydrogen-bond acceptors (Lipinski definition) is 4. The lowest BCUT2D eigenvalue weighted by Crippen LogP contribution is -2.42. The first-order valence-corrected chi connectivity index (χ1v) is 12.2. The van der Waals surface area contributed by atoms with E-state index < -0.39 is 17.2 Å². The molecule has 1 aromatic carbocycles. The summed E-state index contributed by atoms with van der Waals surface area (Å²) < 4.78 is 34.3. The van der Waals surface area contributed by atoms with Crippen LogP contribution in [0.2, 0.25) is 0 Å². The quantitative estimate of drug-likeness (QED) is 0.668. The molecule has 35 heavy (non-hydrogen) atoms. The van der Waals surface area contributed by atoms with Gasteiger partial charge in [-0.2, -0.15) is 0 Å². The highest BCUT2D eigenvalue weighted by Gasteiger charge is 2.29. The SMILES string of the molecule is CC(C)(C)OC(=O)N1CCC(n2cccc2C(=O)NCC2CCN(c3ccc(F)c(F)c3)C2)CC1. The Bertz CT molecular complexity index is 1060.